The third-order valence-corrected chi connectivity index (χ3v) is 4.75. The van der Waals surface area contributed by atoms with Crippen molar-refractivity contribution in [3.8, 4) is 0 Å². The number of aryl methyl sites for hydroxylation is 2. The lowest BCUT2D eigenvalue weighted by Gasteiger charge is -2.07. The van der Waals surface area contributed by atoms with Crippen LogP contribution in [0.15, 0.2) is 56.2 Å². The van der Waals surface area contributed by atoms with Gasteiger partial charge in [-0.2, -0.15) is 0 Å². The van der Waals surface area contributed by atoms with Gasteiger partial charge in [0.2, 0.25) is 0 Å². The fourth-order valence-electron chi connectivity index (χ4n) is 3.33. The van der Waals surface area contributed by atoms with Crippen LogP contribution in [0, 0.1) is 13.8 Å². The molecule has 0 amide bonds. The van der Waals surface area contributed by atoms with E-state index in [1.165, 1.54) is 0 Å². The summed E-state index contributed by atoms with van der Waals surface area (Å²) >= 11 is 0. The number of benzene rings is 2. The number of hydrogen-bond donors (Lipinski definition) is 0. The summed E-state index contributed by atoms with van der Waals surface area (Å²) in [5, 5.41) is 3.03. The van der Waals surface area contributed by atoms with Crippen molar-refractivity contribution >= 4 is 43.8 Å². The number of rotatable bonds is 0. The van der Waals surface area contributed by atoms with Crippen LogP contribution >= 0.6 is 0 Å². The quantitative estimate of drug-likeness (QED) is 0.302. The minimum absolute atomic E-state index is 0.388. The van der Waals surface area contributed by atoms with Gasteiger partial charge in [-0.3, -0.25) is 4.98 Å². The highest BCUT2D eigenvalue weighted by atomic mass is 16.4. The molecule has 0 saturated carbocycles. The number of furan rings is 1. The summed E-state index contributed by atoms with van der Waals surface area (Å²) in [4.78, 5) is 16.9. The maximum atomic E-state index is 12.5. The van der Waals surface area contributed by atoms with Gasteiger partial charge < -0.3 is 8.83 Å². The number of fused-ring (bicyclic) bond motifs is 7. The van der Waals surface area contributed by atoms with Crippen molar-refractivity contribution in [3.05, 3.63) is 64.1 Å². The number of para-hydroxylation sites is 1. The summed E-state index contributed by atoms with van der Waals surface area (Å²) in [6.07, 6.45) is 1.58. The van der Waals surface area contributed by atoms with E-state index in [-0.39, 0.29) is 5.63 Å². The molecule has 5 rings (SSSR count). The maximum absolute atomic E-state index is 12.5. The molecular formula is C20H13NO3. The Bertz CT molecular complexity index is 1340. The monoisotopic (exact) mass is 315 g/mol. The van der Waals surface area contributed by atoms with Gasteiger partial charge in [0.1, 0.15) is 16.7 Å². The molecule has 0 bridgehead atoms. The Balaban J connectivity index is 2.16. The molecule has 5 aromatic rings. The molecule has 24 heavy (non-hydrogen) atoms. The lowest BCUT2D eigenvalue weighted by molar-refractivity contribution is 0.566. The molecule has 0 N–H and O–H groups in total. The smallest absolute Gasteiger partial charge is 0.345 e. The average Bonchev–Trinajstić information content (AvgIpc) is 2.97. The molecule has 116 valence electrons. The first-order valence-corrected chi connectivity index (χ1v) is 7.78. The van der Waals surface area contributed by atoms with E-state index in [1.54, 1.807) is 6.20 Å². The summed E-state index contributed by atoms with van der Waals surface area (Å²) in [5.41, 5.74) is 4.43. The summed E-state index contributed by atoms with van der Waals surface area (Å²) in [6, 6.07) is 11.8. The number of aromatic nitrogens is 1. The van der Waals surface area contributed by atoms with Gasteiger partial charge in [0, 0.05) is 22.4 Å². The second-order valence-electron chi connectivity index (χ2n) is 6.10. The van der Waals surface area contributed by atoms with Gasteiger partial charge in [-0.25, -0.2) is 4.79 Å². The van der Waals surface area contributed by atoms with Crippen molar-refractivity contribution in [2.24, 2.45) is 0 Å². The molecule has 0 atom stereocenters. The molecule has 0 unspecified atom stereocenters. The summed E-state index contributed by atoms with van der Waals surface area (Å²) in [6.45, 7) is 3.96. The highest BCUT2D eigenvalue weighted by Gasteiger charge is 2.17. The van der Waals surface area contributed by atoms with Crippen molar-refractivity contribution in [2.75, 3.05) is 0 Å². The van der Waals surface area contributed by atoms with E-state index in [9.17, 15) is 4.79 Å². The first kappa shape index (κ1) is 13.3. The predicted octanol–water partition coefficient (Wildman–Crippen LogP) is 4.86. The first-order valence-electron chi connectivity index (χ1n) is 7.78. The number of hydrogen-bond acceptors (Lipinski definition) is 4. The van der Waals surface area contributed by atoms with Crippen LogP contribution in [0.2, 0.25) is 0 Å². The highest BCUT2D eigenvalue weighted by Crippen LogP contribution is 2.35. The molecule has 3 heterocycles. The molecule has 0 saturated heterocycles. The highest BCUT2D eigenvalue weighted by molar-refractivity contribution is 6.20. The molecular weight excluding hydrogens is 302 g/mol. The van der Waals surface area contributed by atoms with Gasteiger partial charge in [-0.05, 0) is 37.1 Å². The minimum Gasteiger partial charge on any atom is -0.454 e. The van der Waals surface area contributed by atoms with Crippen LogP contribution in [0.4, 0.5) is 0 Å². The molecule has 0 fully saturated rings. The van der Waals surface area contributed by atoms with Crippen LogP contribution in [0.25, 0.3) is 43.8 Å². The lowest BCUT2D eigenvalue weighted by Crippen LogP contribution is -2.02. The Morgan fingerprint density at radius 3 is 2.58 bits per heavy atom. The van der Waals surface area contributed by atoms with Gasteiger partial charge in [0.05, 0.1) is 5.39 Å². The molecule has 4 nitrogen and oxygen atoms in total. The van der Waals surface area contributed by atoms with Crippen molar-refractivity contribution in [1.29, 1.82) is 0 Å². The average molecular weight is 315 g/mol. The Kier molecular flexibility index (Phi) is 2.47. The molecule has 0 aliphatic rings. The molecule has 0 spiro atoms. The van der Waals surface area contributed by atoms with Crippen LogP contribution < -0.4 is 5.63 Å². The van der Waals surface area contributed by atoms with Crippen LogP contribution in [-0.4, -0.2) is 4.98 Å². The second kappa shape index (κ2) is 4.45. The molecule has 0 aliphatic heterocycles. The molecule has 4 heteroatoms. The van der Waals surface area contributed by atoms with E-state index >= 15 is 0 Å². The Morgan fingerprint density at radius 2 is 1.71 bits per heavy atom. The fraction of sp³-hybridized carbons (Fsp3) is 0.100. The van der Waals surface area contributed by atoms with Crippen molar-refractivity contribution in [3.63, 3.8) is 0 Å². The molecule has 0 aliphatic carbocycles. The minimum atomic E-state index is -0.388. The van der Waals surface area contributed by atoms with E-state index in [0.717, 1.165) is 38.4 Å². The van der Waals surface area contributed by atoms with E-state index in [4.69, 9.17) is 8.83 Å². The maximum Gasteiger partial charge on any atom is 0.345 e. The fourth-order valence-corrected chi connectivity index (χ4v) is 3.33. The molecule has 0 radical (unpaired) electrons. The van der Waals surface area contributed by atoms with Crippen LogP contribution in [0.5, 0.6) is 0 Å². The van der Waals surface area contributed by atoms with Crippen molar-refractivity contribution in [2.45, 2.75) is 13.8 Å². The summed E-state index contributed by atoms with van der Waals surface area (Å²) < 4.78 is 11.6. The predicted molar refractivity (Wildman–Crippen MR) is 94.5 cm³/mol. The van der Waals surface area contributed by atoms with Crippen LogP contribution in [0.3, 0.4) is 0 Å². The Morgan fingerprint density at radius 1 is 0.875 bits per heavy atom. The lowest BCUT2D eigenvalue weighted by atomic mass is 10.0. The standard InChI is InChI=1S/C20H13NO3/c1-10-7-8-13-16-14(20(22)24-18(13)11(10)2)9-21-17-12-5-3-4-6-15(12)23-19(16)17/h3-9H,1-2H3. The first-order chi connectivity index (χ1) is 11.6. The molecule has 3 aromatic heterocycles. The van der Waals surface area contributed by atoms with E-state index in [1.807, 2.05) is 50.2 Å². The third-order valence-electron chi connectivity index (χ3n) is 4.75. The normalized spacial score (nSPS) is 11.9. The van der Waals surface area contributed by atoms with Gasteiger partial charge in [-0.15, -0.1) is 0 Å². The van der Waals surface area contributed by atoms with E-state index in [0.29, 0.717) is 16.6 Å². The summed E-state index contributed by atoms with van der Waals surface area (Å²) in [7, 11) is 0. The Hall–Kier alpha value is -3.14. The second-order valence-corrected chi connectivity index (χ2v) is 6.10. The SMILES string of the molecule is Cc1ccc2c(oc(=O)c3cnc4c5ccccc5oc4c32)c1C. The van der Waals surface area contributed by atoms with Crippen LogP contribution in [-0.2, 0) is 0 Å². The van der Waals surface area contributed by atoms with Gasteiger partial charge >= 0.3 is 5.63 Å². The van der Waals surface area contributed by atoms with Gasteiger partial charge in [-0.1, -0.05) is 24.3 Å². The number of pyridine rings is 1. The topological polar surface area (TPSA) is 56.2 Å². The van der Waals surface area contributed by atoms with Crippen LogP contribution in [0.1, 0.15) is 11.1 Å². The molecule has 2 aromatic carbocycles. The Labute approximate surface area is 136 Å². The van der Waals surface area contributed by atoms with E-state index < -0.39 is 0 Å². The van der Waals surface area contributed by atoms with E-state index in [2.05, 4.69) is 4.98 Å². The van der Waals surface area contributed by atoms with Gasteiger partial charge in [0.25, 0.3) is 0 Å². The largest absolute Gasteiger partial charge is 0.454 e. The van der Waals surface area contributed by atoms with Gasteiger partial charge in [0.15, 0.2) is 5.58 Å². The zero-order valence-electron chi connectivity index (χ0n) is 13.2. The zero-order chi connectivity index (χ0) is 16.4. The number of nitrogens with zero attached hydrogens (tertiary/aromatic N) is 1. The van der Waals surface area contributed by atoms with Crippen molar-refractivity contribution < 1.29 is 8.83 Å². The third kappa shape index (κ3) is 1.57. The summed E-state index contributed by atoms with van der Waals surface area (Å²) in [5.74, 6) is 0. The zero-order valence-corrected chi connectivity index (χ0v) is 13.2. The van der Waals surface area contributed by atoms with Crippen molar-refractivity contribution in [1.82, 2.24) is 4.98 Å².